The SMILES string of the molecule is CCc1nc(N2CCOC(C(N)=S)C2)cc(=O)[nH]1. The minimum atomic E-state index is -0.278. The molecular weight excluding hydrogens is 252 g/mol. The standard InChI is InChI=1S/C11H16N4O2S/c1-2-8-13-9(5-10(16)14-8)15-3-4-17-7(6-15)11(12)18/h5,7H,2-4,6H2,1H3,(H2,12,18)(H,13,14,16). The molecule has 0 radical (unpaired) electrons. The second kappa shape index (κ2) is 5.45. The van der Waals surface area contributed by atoms with Crippen molar-refractivity contribution in [1.29, 1.82) is 0 Å². The fourth-order valence-corrected chi connectivity index (χ4v) is 2.00. The summed E-state index contributed by atoms with van der Waals surface area (Å²) in [6, 6.07) is 1.49. The zero-order valence-electron chi connectivity index (χ0n) is 10.2. The van der Waals surface area contributed by atoms with Gasteiger partial charge >= 0.3 is 0 Å². The van der Waals surface area contributed by atoms with Crippen molar-refractivity contribution in [2.75, 3.05) is 24.6 Å². The molecule has 1 aliphatic rings. The van der Waals surface area contributed by atoms with Crippen molar-refractivity contribution in [1.82, 2.24) is 9.97 Å². The number of hydrogen-bond acceptors (Lipinski definition) is 5. The van der Waals surface area contributed by atoms with Crippen molar-refractivity contribution in [3.05, 3.63) is 22.2 Å². The van der Waals surface area contributed by atoms with E-state index in [1.165, 1.54) is 6.07 Å². The monoisotopic (exact) mass is 268 g/mol. The molecule has 0 amide bonds. The van der Waals surface area contributed by atoms with E-state index in [1.54, 1.807) is 0 Å². The third kappa shape index (κ3) is 2.85. The molecule has 1 aliphatic heterocycles. The van der Waals surface area contributed by atoms with Crippen LogP contribution in [0, 0.1) is 0 Å². The predicted octanol–water partition coefficient (Wildman–Crippen LogP) is -0.176. The number of aryl methyl sites for hydroxylation is 1. The van der Waals surface area contributed by atoms with Crippen LogP contribution in [0.2, 0.25) is 0 Å². The number of nitrogens with one attached hydrogen (secondary N) is 1. The average Bonchev–Trinajstić information content (AvgIpc) is 2.38. The number of morpholine rings is 1. The Morgan fingerprint density at radius 1 is 1.78 bits per heavy atom. The molecule has 2 heterocycles. The highest BCUT2D eigenvalue weighted by Gasteiger charge is 2.23. The molecule has 0 saturated carbocycles. The fourth-order valence-electron chi connectivity index (χ4n) is 1.85. The Balaban J connectivity index is 2.22. The number of anilines is 1. The van der Waals surface area contributed by atoms with E-state index in [4.69, 9.17) is 22.7 Å². The highest BCUT2D eigenvalue weighted by Crippen LogP contribution is 2.14. The van der Waals surface area contributed by atoms with Gasteiger partial charge in [0.1, 0.15) is 22.7 Å². The number of rotatable bonds is 3. The van der Waals surface area contributed by atoms with Gasteiger partial charge in [-0.05, 0) is 0 Å². The van der Waals surface area contributed by atoms with E-state index in [-0.39, 0.29) is 11.7 Å². The molecule has 1 saturated heterocycles. The summed E-state index contributed by atoms with van der Waals surface area (Å²) in [7, 11) is 0. The van der Waals surface area contributed by atoms with E-state index in [9.17, 15) is 4.79 Å². The highest BCUT2D eigenvalue weighted by atomic mass is 32.1. The van der Waals surface area contributed by atoms with E-state index >= 15 is 0 Å². The molecule has 1 aromatic heterocycles. The van der Waals surface area contributed by atoms with Gasteiger partial charge in [-0.25, -0.2) is 4.98 Å². The summed E-state index contributed by atoms with van der Waals surface area (Å²) >= 11 is 4.93. The third-order valence-electron chi connectivity index (χ3n) is 2.82. The van der Waals surface area contributed by atoms with Gasteiger partial charge in [0, 0.05) is 19.0 Å². The fraction of sp³-hybridized carbons (Fsp3) is 0.545. The van der Waals surface area contributed by atoms with Crippen LogP contribution in [-0.2, 0) is 11.2 Å². The van der Waals surface area contributed by atoms with E-state index in [0.717, 1.165) is 0 Å². The van der Waals surface area contributed by atoms with Gasteiger partial charge in [0.25, 0.3) is 5.56 Å². The number of nitrogens with two attached hydrogens (primary N) is 1. The minimum absolute atomic E-state index is 0.143. The van der Waals surface area contributed by atoms with Crippen molar-refractivity contribution < 1.29 is 4.74 Å². The molecule has 2 rings (SSSR count). The summed E-state index contributed by atoms with van der Waals surface area (Å²) in [6.07, 6.45) is 0.409. The van der Waals surface area contributed by atoms with Crippen LogP contribution in [0.3, 0.4) is 0 Å². The summed E-state index contributed by atoms with van der Waals surface area (Å²) < 4.78 is 5.46. The molecule has 0 aromatic carbocycles. The van der Waals surface area contributed by atoms with Gasteiger partial charge in [0.2, 0.25) is 0 Å². The van der Waals surface area contributed by atoms with E-state index < -0.39 is 0 Å². The van der Waals surface area contributed by atoms with Gasteiger partial charge in [-0.15, -0.1) is 0 Å². The molecular formula is C11H16N4O2S. The van der Waals surface area contributed by atoms with Crippen molar-refractivity contribution >= 4 is 23.0 Å². The molecule has 1 atom stereocenters. The molecule has 18 heavy (non-hydrogen) atoms. The molecule has 7 heteroatoms. The van der Waals surface area contributed by atoms with Gasteiger partial charge in [0.05, 0.1) is 13.2 Å². The Hall–Kier alpha value is -1.47. The van der Waals surface area contributed by atoms with Crippen molar-refractivity contribution in [2.24, 2.45) is 5.73 Å². The average molecular weight is 268 g/mol. The second-order valence-corrected chi connectivity index (χ2v) is 4.58. The van der Waals surface area contributed by atoms with Crippen molar-refractivity contribution in [3.63, 3.8) is 0 Å². The zero-order chi connectivity index (χ0) is 13.1. The maximum absolute atomic E-state index is 11.5. The maximum Gasteiger partial charge on any atom is 0.252 e. The summed E-state index contributed by atoms with van der Waals surface area (Å²) in [4.78, 5) is 20.9. The Labute approximate surface area is 110 Å². The molecule has 6 nitrogen and oxygen atoms in total. The molecule has 0 bridgehead atoms. The maximum atomic E-state index is 11.5. The van der Waals surface area contributed by atoms with Crippen molar-refractivity contribution in [2.45, 2.75) is 19.4 Å². The number of aromatic amines is 1. The lowest BCUT2D eigenvalue weighted by Crippen LogP contribution is -2.48. The van der Waals surface area contributed by atoms with E-state index in [2.05, 4.69) is 9.97 Å². The number of aromatic nitrogens is 2. The largest absolute Gasteiger partial charge is 0.391 e. The van der Waals surface area contributed by atoms with Gasteiger partial charge in [0.15, 0.2) is 0 Å². The Morgan fingerprint density at radius 3 is 3.22 bits per heavy atom. The Bertz CT molecular complexity index is 502. The second-order valence-electron chi connectivity index (χ2n) is 4.11. The first kappa shape index (κ1) is 13.0. The summed E-state index contributed by atoms with van der Waals surface area (Å²) in [6.45, 7) is 3.69. The van der Waals surface area contributed by atoms with Crippen molar-refractivity contribution in [3.8, 4) is 0 Å². The number of H-pyrrole nitrogens is 1. The molecule has 1 fully saturated rings. The van der Waals surface area contributed by atoms with Gasteiger partial charge < -0.3 is 20.4 Å². The normalized spacial score (nSPS) is 19.8. The Morgan fingerprint density at radius 2 is 2.56 bits per heavy atom. The van der Waals surface area contributed by atoms with Gasteiger partial charge in [-0.3, -0.25) is 4.79 Å². The first-order valence-electron chi connectivity index (χ1n) is 5.86. The van der Waals surface area contributed by atoms with Crippen LogP contribution in [-0.4, -0.2) is 40.8 Å². The Kier molecular flexibility index (Phi) is 3.93. The van der Waals surface area contributed by atoms with Crippen LogP contribution in [0.25, 0.3) is 0 Å². The van der Waals surface area contributed by atoms with Crippen LogP contribution < -0.4 is 16.2 Å². The zero-order valence-corrected chi connectivity index (χ0v) is 11.0. The van der Waals surface area contributed by atoms with Crippen LogP contribution in [0.4, 0.5) is 5.82 Å². The molecule has 98 valence electrons. The lowest BCUT2D eigenvalue weighted by molar-refractivity contribution is 0.0844. The van der Waals surface area contributed by atoms with Crippen LogP contribution in [0.5, 0.6) is 0 Å². The first-order valence-corrected chi connectivity index (χ1v) is 6.27. The lowest BCUT2D eigenvalue weighted by Gasteiger charge is -2.33. The smallest absolute Gasteiger partial charge is 0.252 e. The van der Waals surface area contributed by atoms with Crippen LogP contribution in [0.15, 0.2) is 10.9 Å². The molecule has 1 aromatic rings. The van der Waals surface area contributed by atoms with Gasteiger partial charge in [-0.2, -0.15) is 0 Å². The van der Waals surface area contributed by atoms with Crippen LogP contribution >= 0.6 is 12.2 Å². The van der Waals surface area contributed by atoms with E-state index in [1.807, 2.05) is 11.8 Å². The molecule has 1 unspecified atom stereocenters. The van der Waals surface area contributed by atoms with Crippen LogP contribution in [0.1, 0.15) is 12.7 Å². The molecule has 3 N–H and O–H groups in total. The quantitative estimate of drug-likeness (QED) is 0.740. The number of nitrogens with zero attached hydrogens (tertiary/aromatic N) is 2. The topological polar surface area (TPSA) is 84.2 Å². The molecule has 0 spiro atoms. The third-order valence-corrected chi connectivity index (χ3v) is 3.08. The number of hydrogen-bond donors (Lipinski definition) is 2. The minimum Gasteiger partial charge on any atom is -0.391 e. The lowest BCUT2D eigenvalue weighted by atomic mass is 10.2. The number of thiocarbonyl (C=S) groups is 1. The van der Waals surface area contributed by atoms with E-state index in [0.29, 0.717) is 42.7 Å². The summed E-state index contributed by atoms with van der Waals surface area (Å²) in [5.74, 6) is 1.33. The highest BCUT2D eigenvalue weighted by molar-refractivity contribution is 7.80. The number of ether oxygens (including phenoxy) is 1. The molecule has 0 aliphatic carbocycles. The first-order chi connectivity index (χ1) is 8.60. The summed E-state index contributed by atoms with van der Waals surface area (Å²) in [5.41, 5.74) is 5.44. The van der Waals surface area contributed by atoms with Gasteiger partial charge in [-0.1, -0.05) is 19.1 Å². The predicted molar refractivity (Wildman–Crippen MR) is 73.0 cm³/mol. The summed E-state index contributed by atoms with van der Waals surface area (Å²) in [5, 5.41) is 0.